The van der Waals surface area contributed by atoms with E-state index in [1.165, 1.54) is 6.92 Å². The largest absolute Gasteiger partial charge is 0.464 e. The van der Waals surface area contributed by atoms with E-state index in [0.29, 0.717) is 0 Å². The van der Waals surface area contributed by atoms with Crippen molar-refractivity contribution in [2.24, 2.45) is 11.1 Å². The Bertz CT molecular complexity index is 235. The fourth-order valence-electron chi connectivity index (χ4n) is 0.687. The number of hydrogen-bond donors (Lipinski definition) is 7. The molecule has 122 valence electrons. The topological polar surface area (TPSA) is 174 Å². The lowest BCUT2D eigenvalue weighted by Crippen LogP contribution is -2.51. The summed E-state index contributed by atoms with van der Waals surface area (Å²) in [6.07, 6.45) is 0. The van der Waals surface area contributed by atoms with Crippen molar-refractivity contribution in [2.75, 3.05) is 46.2 Å². The van der Waals surface area contributed by atoms with E-state index in [9.17, 15) is 4.79 Å². The molecule has 0 aromatic rings. The van der Waals surface area contributed by atoms with E-state index < -0.39 is 56.6 Å². The first-order valence-electron chi connectivity index (χ1n) is 5.86. The van der Waals surface area contributed by atoms with Gasteiger partial charge in [0.2, 0.25) is 0 Å². The zero-order chi connectivity index (χ0) is 16.2. The number of aliphatic hydroxyl groups excluding tert-OH is 6. The van der Waals surface area contributed by atoms with Crippen LogP contribution in [0.1, 0.15) is 6.92 Å². The van der Waals surface area contributed by atoms with Gasteiger partial charge in [0.25, 0.3) is 0 Å². The molecular weight excluding hydrogens is 274 g/mol. The molecule has 0 rings (SSSR count). The first-order valence-corrected chi connectivity index (χ1v) is 5.86. The lowest BCUT2D eigenvalue weighted by Gasteiger charge is -2.23. The highest BCUT2D eigenvalue weighted by atomic mass is 16.5. The number of ether oxygens (including phenoxy) is 1. The third-order valence-electron chi connectivity index (χ3n) is 2.53. The molecule has 0 fully saturated rings. The maximum Gasteiger partial charge on any atom is 0.302 e. The first kappa shape index (κ1) is 21.5. The summed E-state index contributed by atoms with van der Waals surface area (Å²) in [6, 6.07) is 0. The fourth-order valence-corrected chi connectivity index (χ4v) is 0.687. The van der Waals surface area contributed by atoms with Gasteiger partial charge in [0.05, 0.1) is 50.6 Å². The highest BCUT2D eigenvalue weighted by Crippen LogP contribution is 2.11. The fraction of sp³-hybridized carbons (Fsp3) is 0.909. The van der Waals surface area contributed by atoms with Crippen LogP contribution in [-0.4, -0.2) is 88.4 Å². The zero-order valence-electron chi connectivity index (χ0n) is 11.5. The van der Waals surface area contributed by atoms with Gasteiger partial charge < -0.3 is 41.1 Å². The lowest BCUT2D eigenvalue weighted by molar-refractivity contribution is -0.143. The van der Waals surface area contributed by atoms with Crippen LogP contribution in [0.4, 0.5) is 0 Å². The summed E-state index contributed by atoms with van der Waals surface area (Å²) in [6.45, 7) is -1.40. The van der Waals surface area contributed by atoms with E-state index in [-0.39, 0.29) is 6.61 Å². The van der Waals surface area contributed by atoms with Crippen molar-refractivity contribution in [3.8, 4) is 0 Å². The molecule has 0 aliphatic heterocycles. The average molecular weight is 299 g/mol. The Kier molecular flexibility index (Phi) is 11.7. The second kappa shape index (κ2) is 10.9. The monoisotopic (exact) mass is 299 g/mol. The van der Waals surface area contributed by atoms with E-state index in [4.69, 9.17) is 36.4 Å². The minimum Gasteiger partial charge on any atom is -0.464 e. The minimum atomic E-state index is -1.22. The molecule has 0 unspecified atom stereocenters. The molecule has 0 aromatic carbocycles. The molecule has 0 atom stereocenters. The second-order valence-electron chi connectivity index (χ2n) is 4.59. The van der Waals surface area contributed by atoms with Gasteiger partial charge in [-0.1, -0.05) is 0 Å². The van der Waals surface area contributed by atoms with E-state index in [2.05, 4.69) is 4.74 Å². The molecule has 0 radical (unpaired) electrons. The smallest absolute Gasteiger partial charge is 0.302 e. The van der Waals surface area contributed by atoms with Crippen molar-refractivity contribution in [3.05, 3.63) is 0 Å². The molecule has 0 heterocycles. The minimum absolute atomic E-state index is 0.171. The quantitative estimate of drug-likeness (QED) is 0.221. The highest BCUT2D eigenvalue weighted by Gasteiger charge is 2.26. The van der Waals surface area contributed by atoms with Gasteiger partial charge in [-0.2, -0.15) is 0 Å². The number of aliphatic hydroxyl groups is 6. The van der Waals surface area contributed by atoms with Crippen molar-refractivity contribution in [2.45, 2.75) is 12.5 Å². The number of carbonyl (C=O) groups excluding carboxylic acids is 1. The van der Waals surface area contributed by atoms with Gasteiger partial charge in [-0.15, -0.1) is 0 Å². The van der Waals surface area contributed by atoms with Crippen LogP contribution in [0.2, 0.25) is 0 Å². The van der Waals surface area contributed by atoms with E-state index in [0.717, 1.165) is 0 Å². The highest BCUT2D eigenvalue weighted by molar-refractivity contribution is 5.65. The van der Waals surface area contributed by atoms with Gasteiger partial charge in [-0.05, 0) is 0 Å². The van der Waals surface area contributed by atoms with Gasteiger partial charge in [-0.25, -0.2) is 0 Å². The number of nitrogens with two attached hydrogens (primary N) is 1. The predicted molar refractivity (Wildman–Crippen MR) is 68.5 cm³/mol. The molecular formula is C11H25NO8. The standard InChI is InChI=1S/C6H13NO4.C5H12O4/c1-5(10)11-4-6(7,2-8)3-9;6-1-5(2-7,3-8)4-9/h8-9H,2-4,7H2,1H3;6-9H,1-4H2. The number of carbonyl (C=O) groups is 1. The Hall–Kier alpha value is -0.810. The van der Waals surface area contributed by atoms with Crippen molar-refractivity contribution in [3.63, 3.8) is 0 Å². The molecule has 0 spiro atoms. The Labute approximate surface area is 117 Å². The Morgan fingerprint density at radius 3 is 1.40 bits per heavy atom. The molecule has 0 bridgehead atoms. The number of rotatable bonds is 8. The van der Waals surface area contributed by atoms with Crippen LogP contribution in [0.15, 0.2) is 0 Å². The zero-order valence-corrected chi connectivity index (χ0v) is 11.5. The predicted octanol–water partition coefficient (Wildman–Crippen LogP) is -3.83. The summed E-state index contributed by atoms with van der Waals surface area (Å²) in [7, 11) is 0. The molecule has 8 N–H and O–H groups in total. The summed E-state index contributed by atoms with van der Waals surface area (Å²) in [5, 5.41) is 51.2. The van der Waals surface area contributed by atoms with Gasteiger partial charge in [0.15, 0.2) is 0 Å². The molecule has 0 aromatic heterocycles. The number of hydrogen-bond acceptors (Lipinski definition) is 9. The lowest BCUT2D eigenvalue weighted by atomic mass is 9.93. The third kappa shape index (κ3) is 8.38. The van der Waals surface area contributed by atoms with E-state index in [1.54, 1.807) is 0 Å². The molecule has 0 aliphatic rings. The van der Waals surface area contributed by atoms with Gasteiger partial charge in [-0.3, -0.25) is 4.79 Å². The van der Waals surface area contributed by atoms with Crippen molar-refractivity contribution < 1.29 is 40.2 Å². The van der Waals surface area contributed by atoms with Crippen LogP contribution in [0, 0.1) is 5.41 Å². The molecule has 9 heteroatoms. The third-order valence-corrected chi connectivity index (χ3v) is 2.53. The van der Waals surface area contributed by atoms with Crippen molar-refractivity contribution >= 4 is 5.97 Å². The number of esters is 1. The van der Waals surface area contributed by atoms with E-state index >= 15 is 0 Å². The van der Waals surface area contributed by atoms with Crippen molar-refractivity contribution in [1.29, 1.82) is 0 Å². The van der Waals surface area contributed by atoms with Crippen LogP contribution in [0.25, 0.3) is 0 Å². The molecule has 0 amide bonds. The van der Waals surface area contributed by atoms with Gasteiger partial charge in [0.1, 0.15) is 6.61 Å². The van der Waals surface area contributed by atoms with E-state index in [1.807, 2.05) is 0 Å². The molecule has 9 nitrogen and oxygen atoms in total. The molecule has 0 saturated carbocycles. The average Bonchev–Trinajstić information content (AvgIpc) is 2.48. The Morgan fingerprint density at radius 1 is 0.900 bits per heavy atom. The van der Waals surface area contributed by atoms with Crippen LogP contribution in [0.5, 0.6) is 0 Å². The first-order chi connectivity index (χ1) is 9.28. The maximum atomic E-state index is 10.3. The van der Waals surface area contributed by atoms with Crippen LogP contribution in [0.3, 0.4) is 0 Å². The van der Waals surface area contributed by atoms with Crippen LogP contribution in [-0.2, 0) is 9.53 Å². The Morgan fingerprint density at radius 2 is 1.25 bits per heavy atom. The normalized spacial score (nSPS) is 11.6. The summed E-state index contributed by atoms with van der Waals surface area (Å²) in [4.78, 5) is 10.3. The molecule has 0 aliphatic carbocycles. The van der Waals surface area contributed by atoms with Crippen LogP contribution >= 0.6 is 0 Å². The van der Waals surface area contributed by atoms with Crippen molar-refractivity contribution in [1.82, 2.24) is 0 Å². The SMILES string of the molecule is CC(=O)OCC(N)(CO)CO.OCC(CO)(CO)CO. The van der Waals surface area contributed by atoms with Gasteiger partial charge in [0, 0.05) is 6.92 Å². The summed E-state index contributed by atoms with van der Waals surface area (Å²) in [5.74, 6) is -0.485. The summed E-state index contributed by atoms with van der Waals surface area (Å²) in [5.41, 5.74) is 3.04. The van der Waals surface area contributed by atoms with Crippen LogP contribution < -0.4 is 5.73 Å². The maximum absolute atomic E-state index is 10.3. The summed E-state index contributed by atoms with van der Waals surface area (Å²) >= 11 is 0. The molecule has 20 heavy (non-hydrogen) atoms. The van der Waals surface area contributed by atoms with Gasteiger partial charge >= 0.3 is 5.97 Å². The second-order valence-corrected chi connectivity index (χ2v) is 4.59. The molecule has 0 saturated heterocycles. The Balaban J connectivity index is 0. The summed E-state index contributed by atoms with van der Waals surface area (Å²) < 4.78 is 4.50.